The number of pyridine rings is 3. The number of aromatic nitrogens is 3. The maximum absolute atomic E-state index is 12.5. The minimum Gasteiger partial charge on any atom is -1.00 e. The Labute approximate surface area is 289 Å². The van der Waals surface area contributed by atoms with Crippen molar-refractivity contribution in [2.24, 2.45) is 0 Å². The Kier molecular flexibility index (Phi) is 13.0. The van der Waals surface area contributed by atoms with Gasteiger partial charge in [0.2, 0.25) is 0 Å². The number of nitrogens with zero attached hydrogens (tertiary/aromatic N) is 3. The summed E-state index contributed by atoms with van der Waals surface area (Å²) >= 11 is 0. The Bertz CT molecular complexity index is 1270. The number of carboxylic acids is 2. The van der Waals surface area contributed by atoms with E-state index in [1.807, 2.05) is 0 Å². The first-order chi connectivity index (χ1) is 16.2. The van der Waals surface area contributed by atoms with Crippen molar-refractivity contribution in [2.75, 3.05) is 0 Å². The number of ether oxygens (including phenoxy) is 2. The molecule has 0 radical (unpaired) electrons. The van der Waals surface area contributed by atoms with Crippen LogP contribution in [0, 0.1) is 0 Å². The largest absolute Gasteiger partial charge is 1.00 e. The van der Waals surface area contributed by atoms with Crippen LogP contribution in [0.3, 0.4) is 0 Å². The van der Waals surface area contributed by atoms with E-state index >= 15 is 0 Å². The number of esters is 4. The SMILES string of the molecule is O=C(O)c1cccnc1C(=O)OC(=O)c1cccnc1C(=O)OC(=O)c1ncccc1C(=O)O.[H-].[H-].[K+].[K+]. The molecule has 0 unspecified atom stereocenters. The van der Waals surface area contributed by atoms with Crippen molar-refractivity contribution in [3.63, 3.8) is 0 Å². The summed E-state index contributed by atoms with van der Waals surface area (Å²) in [6.45, 7) is 0. The van der Waals surface area contributed by atoms with Crippen LogP contribution in [-0.2, 0) is 9.47 Å². The first kappa shape index (κ1) is 32.0. The third-order valence-corrected chi connectivity index (χ3v) is 4.05. The average Bonchev–Trinajstić information content (AvgIpc) is 2.83. The molecule has 0 spiro atoms. The van der Waals surface area contributed by atoms with Gasteiger partial charge in [-0.1, -0.05) is 0 Å². The zero-order valence-electron chi connectivity index (χ0n) is 20.7. The number of carboxylic acid groups (broad SMARTS) is 2. The second-order valence-corrected chi connectivity index (χ2v) is 6.16. The topological polar surface area (TPSA) is 200 Å². The van der Waals surface area contributed by atoms with E-state index in [-0.39, 0.29) is 106 Å². The molecule has 0 saturated carbocycles. The van der Waals surface area contributed by atoms with Gasteiger partial charge in [0.05, 0.1) is 16.7 Å². The molecule has 0 saturated heterocycles. The zero-order chi connectivity index (χ0) is 24.8. The summed E-state index contributed by atoms with van der Waals surface area (Å²) in [6.07, 6.45) is 3.28. The number of hydrogen-bond acceptors (Lipinski definition) is 11. The van der Waals surface area contributed by atoms with Crippen LogP contribution in [0.4, 0.5) is 0 Å². The van der Waals surface area contributed by atoms with Crippen molar-refractivity contribution in [3.05, 3.63) is 88.8 Å². The summed E-state index contributed by atoms with van der Waals surface area (Å²) in [5, 5.41) is 18.3. The molecule has 0 aliphatic rings. The second-order valence-electron chi connectivity index (χ2n) is 6.16. The van der Waals surface area contributed by atoms with Crippen LogP contribution in [0.5, 0.6) is 0 Å². The molecule has 0 aromatic carbocycles. The van der Waals surface area contributed by atoms with Crippen LogP contribution >= 0.6 is 0 Å². The smallest absolute Gasteiger partial charge is 1.00 e. The van der Waals surface area contributed by atoms with E-state index in [1.54, 1.807) is 0 Å². The number of hydrogen-bond donors (Lipinski definition) is 2. The maximum atomic E-state index is 12.5. The molecule has 13 nitrogen and oxygen atoms in total. The Morgan fingerprint density at radius 1 is 0.556 bits per heavy atom. The molecule has 36 heavy (non-hydrogen) atoms. The fourth-order valence-electron chi connectivity index (χ4n) is 2.58. The molecule has 3 rings (SSSR count). The van der Waals surface area contributed by atoms with Crippen molar-refractivity contribution in [2.45, 2.75) is 0 Å². The summed E-state index contributed by atoms with van der Waals surface area (Å²) in [5.41, 5.74) is -3.72. The molecule has 2 N–H and O–H groups in total. The van der Waals surface area contributed by atoms with Gasteiger partial charge in [-0.25, -0.2) is 43.7 Å². The van der Waals surface area contributed by atoms with Crippen LogP contribution in [0.2, 0.25) is 0 Å². The normalized spacial score (nSPS) is 9.56. The molecule has 0 atom stereocenters. The average molecular weight is 546 g/mol. The van der Waals surface area contributed by atoms with Crippen molar-refractivity contribution < 1.29 is 154 Å². The zero-order valence-corrected chi connectivity index (χ0v) is 24.9. The minimum absolute atomic E-state index is 0. The van der Waals surface area contributed by atoms with Crippen molar-refractivity contribution in [1.82, 2.24) is 15.0 Å². The Morgan fingerprint density at radius 2 is 0.861 bits per heavy atom. The summed E-state index contributed by atoms with van der Waals surface area (Å²) in [6, 6.07) is 6.88. The van der Waals surface area contributed by atoms with Crippen molar-refractivity contribution in [3.8, 4) is 0 Å². The van der Waals surface area contributed by atoms with Crippen LogP contribution in [0.15, 0.2) is 55.0 Å². The number of carbonyl (C=O) groups is 6. The van der Waals surface area contributed by atoms with E-state index in [0.29, 0.717) is 0 Å². The van der Waals surface area contributed by atoms with Gasteiger partial charge in [-0.3, -0.25) is 0 Å². The van der Waals surface area contributed by atoms with Gasteiger partial charge in [0.15, 0.2) is 17.1 Å². The monoisotopic (exact) mass is 545 g/mol. The third-order valence-electron chi connectivity index (χ3n) is 4.05. The first-order valence-electron chi connectivity index (χ1n) is 9.05. The van der Waals surface area contributed by atoms with E-state index in [9.17, 15) is 28.8 Å². The number of carbonyl (C=O) groups excluding carboxylic acids is 4. The molecule has 3 aromatic rings. The van der Waals surface area contributed by atoms with Gasteiger partial charge in [-0.05, 0) is 36.4 Å². The Hall–Kier alpha value is -2.06. The third kappa shape index (κ3) is 7.72. The Morgan fingerprint density at radius 3 is 1.22 bits per heavy atom. The van der Waals surface area contributed by atoms with Gasteiger partial charge >= 0.3 is 139 Å². The van der Waals surface area contributed by atoms with Crippen molar-refractivity contribution >= 4 is 35.8 Å². The molecule has 15 heteroatoms. The number of rotatable bonds is 6. The minimum atomic E-state index is -1.50. The molecule has 3 aromatic heterocycles. The number of aromatic carboxylic acids is 2. The van der Waals surface area contributed by atoms with Crippen LogP contribution in [0.1, 0.15) is 65.4 Å². The van der Waals surface area contributed by atoms with Gasteiger partial charge in [0.25, 0.3) is 0 Å². The molecular formula is C21H13K2N3O10. The quantitative estimate of drug-likeness (QED) is 0.171. The van der Waals surface area contributed by atoms with Crippen LogP contribution in [0.25, 0.3) is 0 Å². The first-order valence-corrected chi connectivity index (χ1v) is 9.05. The predicted molar refractivity (Wildman–Crippen MR) is 108 cm³/mol. The molecule has 0 amide bonds. The fourth-order valence-corrected chi connectivity index (χ4v) is 2.58. The molecule has 0 aliphatic carbocycles. The summed E-state index contributed by atoms with van der Waals surface area (Å²) < 4.78 is 9.21. The summed E-state index contributed by atoms with van der Waals surface area (Å²) in [7, 11) is 0. The molecule has 0 fully saturated rings. The van der Waals surface area contributed by atoms with E-state index < -0.39 is 69.6 Å². The van der Waals surface area contributed by atoms with E-state index in [4.69, 9.17) is 10.2 Å². The van der Waals surface area contributed by atoms with E-state index in [0.717, 1.165) is 36.8 Å². The fraction of sp³-hybridized carbons (Fsp3) is 0. The maximum Gasteiger partial charge on any atom is 1.00 e. The summed E-state index contributed by atoms with van der Waals surface area (Å²) in [5.74, 6) is -8.71. The van der Waals surface area contributed by atoms with Gasteiger partial charge in [-0.15, -0.1) is 0 Å². The molecule has 174 valence electrons. The molecule has 0 aliphatic heterocycles. The van der Waals surface area contributed by atoms with Crippen LogP contribution < -0.4 is 103 Å². The van der Waals surface area contributed by atoms with E-state index in [2.05, 4.69) is 24.4 Å². The van der Waals surface area contributed by atoms with Gasteiger partial charge in [0, 0.05) is 18.6 Å². The Balaban J connectivity index is 0. The summed E-state index contributed by atoms with van der Waals surface area (Å²) in [4.78, 5) is 82.8. The molecule has 3 heterocycles. The van der Waals surface area contributed by atoms with Crippen LogP contribution in [-0.4, -0.2) is 61.0 Å². The van der Waals surface area contributed by atoms with E-state index in [1.165, 1.54) is 18.2 Å². The van der Waals surface area contributed by atoms with Gasteiger partial charge in [0.1, 0.15) is 0 Å². The standard InChI is InChI=1S/C21H11N3O10.2K.2H/c25-16(26)10-4-1-7-22-13(10)19(30)33-18(29)12-6-3-9-24-15(12)21(32)34-20(31)14-11(17(27)28)5-2-8-23-14;;;;/h1-9H,(H,25,26)(H,27,28);;;;/q;2*+1;2*-1. The molecular weight excluding hydrogens is 532 g/mol. The van der Waals surface area contributed by atoms with Crippen molar-refractivity contribution in [1.29, 1.82) is 0 Å². The van der Waals surface area contributed by atoms with Gasteiger partial charge < -0.3 is 22.5 Å². The predicted octanol–water partition coefficient (Wildman–Crippen LogP) is -4.50. The van der Waals surface area contributed by atoms with Gasteiger partial charge in [-0.2, -0.15) is 0 Å². The molecule has 0 bridgehead atoms. The second kappa shape index (κ2) is 14.6.